The van der Waals surface area contributed by atoms with Crippen LogP contribution in [0.2, 0.25) is 0 Å². The Hall–Kier alpha value is -2.90. The summed E-state index contributed by atoms with van der Waals surface area (Å²) in [5, 5.41) is 17.2. The molecular weight excluding hydrogens is 697 g/mol. The molecule has 3 aliphatic rings. The number of piperazine rings is 1. The summed E-state index contributed by atoms with van der Waals surface area (Å²) in [4.78, 5) is 13.1. The highest BCUT2D eigenvalue weighted by atomic mass is 32.2. The average Bonchev–Trinajstić information content (AvgIpc) is 3.20. The van der Waals surface area contributed by atoms with Crippen molar-refractivity contribution >= 4 is 26.4 Å². The van der Waals surface area contributed by atoms with Gasteiger partial charge in [-0.1, -0.05) is 73.4 Å². The lowest BCUT2D eigenvalue weighted by atomic mass is 9.96. The van der Waals surface area contributed by atoms with Crippen LogP contribution in [0.5, 0.6) is 5.75 Å². The van der Waals surface area contributed by atoms with E-state index in [1.807, 2.05) is 66.7 Å². The van der Waals surface area contributed by atoms with Gasteiger partial charge in [0.15, 0.2) is 11.6 Å². The van der Waals surface area contributed by atoms with Gasteiger partial charge >= 0.3 is 0 Å². The number of fused-ring (bicyclic) bond motifs is 1. The Morgan fingerprint density at radius 3 is 1.75 bits per heavy atom. The number of aliphatic hydroxyl groups is 1. The van der Waals surface area contributed by atoms with Gasteiger partial charge in [-0.25, -0.2) is 12.8 Å². The molecule has 0 aliphatic carbocycles. The topological polar surface area (TPSA) is 100 Å². The standard InChI is InChI=1S/C31H39F2N5O3S.C3H8.3C2H6.CH4O/c1-21-3-4-25-24(19-21)31(28(20-34-25)42(40,41)27-6-5-26(39)29(32)30(27)33)38-13-9-22(10-14-38)36-11-7-23(8-12-36)37-17-15-35(2)16-18-37;1-3-2;4*1-2/h3-6,19-20,22-23,39H,7-18H2,1-2H3;3H2,1-2H3;3*1-2H3;2H,1H3. The molecule has 3 aromatic rings. The number of benzene rings is 2. The number of piperidine rings is 2. The number of likely N-dealkylation sites (N-methyl/N-ethyl adjacent to an activating group) is 1. The van der Waals surface area contributed by atoms with Crippen LogP contribution >= 0.6 is 0 Å². The van der Waals surface area contributed by atoms with Gasteiger partial charge in [-0.05, 0) is 77.0 Å². The van der Waals surface area contributed by atoms with Gasteiger partial charge in [-0.15, -0.1) is 0 Å². The molecule has 3 aliphatic heterocycles. The normalized spacial score (nSPS) is 17.4. The van der Waals surface area contributed by atoms with Crippen molar-refractivity contribution in [2.24, 2.45) is 0 Å². The van der Waals surface area contributed by atoms with E-state index in [4.69, 9.17) is 5.11 Å². The van der Waals surface area contributed by atoms with Gasteiger partial charge in [-0.3, -0.25) is 9.88 Å². The zero-order valence-corrected chi connectivity index (χ0v) is 35.2. The van der Waals surface area contributed by atoms with Crippen molar-refractivity contribution in [1.82, 2.24) is 19.7 Å². The summed E-state index contributed by atoms with van der Waals surface area (Å²) < 4.78 is 56.8. The number of halogens is 2. The summed E-state index contributed by atoms with van der Waals surface area (Å²) in [6, 6.07) is 8.52. The first kappa shape index (κ1) is 48.1. The molecule has 0 radical (unpaired) electrons. The maximum absolute atomic E-state index is 14.9. The molecule has 3 saturated heterocycles. The molecule has 4 heterocycles. The van der Waals surface area contributed by atoms with Crippen LogP contribution in [0.15, 0.2) is 46.3 Å². The third-order valence-electron chi connectivity index (χ3n) is 9.42. The number of nitrogens with zero attached hydrogens (tertiary/aromatic N) is 5. The molecular formula is C41H69F2N5O4S. The number of pyridine rings is 1. The predicted molar refractivity (Wildman–Crippen MR) is 217 cm³/mol. The maximum atomic E-state index is 14.9. The fourth-order valence-electron chi connectivity index (χ4n) is 6.90. The summed E-state index contributed by atoms with van der Waals surface area (Å²) in [5.74, 6) is -4.11. The van der Waals surface area contributed by atoms with Crippen LogP contribution < -0.4 is 4.90 Å². The minimum Gasteiger partial charge on any atom is -0.505 e. The first-order chi connectivity index (χ1) is 25.5. The monoisotopic (exact) mass is 766 g/mol. The minimum absolute atomic E-state index is 0.156. The van der Waals surface area contributed by atoms with E-state index in [1.165, 1.54) is 25.5 Å². The Balaban J connectivity index is 0.00000116. The van der Waals surface area contributed by atoms with Crippen LogP contribution in [0.1, 0.15) is 93.1 Å². The third-order valence-corrected chi connectivity index (χ3v) is 11.2. The van der Waals surface area contributed by atoms with Crippen LogP contribution in [0.25, 0.3) is 10.9 Å². The van der Waals surface area contributed by atoms with E-state index in [0.29, 0.717) is 41.8 Å². The van der Waals surface area contributed by atoms with E-state index in [-0.39, 0.29) is 4.90 Å². The smallest absolute Gasteiger partial charge is 0.213 e. The molecule has 0 spiro atoms. The second-order valence-electron chi connectivity index (χ2n) is 12.7. The molecule has 0 amide bonds. The molecule has 1 aromatic heterocycles. The third kappa shape index (κ3) is 12.3. The van der Waals surface area contributed by atoms with E-state index in [2.05, 4.69) is 45.5 Å². The number of hydrogen-bond donors (Lipinski definition) is 2. The Labute approximate surface area is 319 Å². The number of phenolic OH excluding ortho intramolecular Hbond substituents is 1. The molecule has 2 aromatic carbocycles. The van der Waals surface area contributed by atoms with Gasteiger partial charge in [0.25, 0.3) is 0 Å². The van der Waals surface area contributed by atoms with Crippen molar-refractivity contribution in [3.8, 4) is 5.75 Å². The molecule has 0 bridgehead atoms. The van der Waals surface area contributed by atoms with Gasteiger partial charge in [-0.2, -0.15) is 4.39 Å². The van der Waals surface area contributed by atoms with Gasteiger partial charge in [0.2, 0.25) is 15.7 Å². The van der Waals surface area contributed by atoms with Gasteiger partial charge in [0, 0.05) is 70.0 Å². The second kappa shape index (κ2) is 24.5. The fourth-order valence-corrected chi connectivity index (χ4v) is 8.40. The molecule has 2 N–H and O–H groups in total. The zero-order valence-electron chi connectivity index (χ0n) is 34.4. The molecule has 3 fully saturated rings. The summed E-state index contributed by atoms with van der Waals surface area (Å²) in [5.41, 5.74) is 2.06. The summed E-state index contributed by atoms with van der Waals surface area (Å²) in [6.45, 7) is 26.2. The number of sulfone groups is 1. The Kier molecular flexibility index (Phi) is 22.2. The van der Waals surface area contributed by atoms with Gasteiger partial charge in [0.05, 0.1) is 11.2 Å². The van der Waals surface area contributed by atoms with E-state index in [1.54, 1.807) is 0 Å². The maximum Gasteiger partial charge on any atom is 0.213 e. The summed E-state index contributed by atoms with van der Waals surface area (Å²) in [7, 11) is -1.31. The van der Waals surface area contributed by atoms with Crippen molar-refractivity contribution in [2.75, 3.05) is 71.4 Å². The lowest BCUT2D eigenvalue weighted by molar-refractivity contribution is 0.0495. The Bertz CT molecular complexity index is 1590. The molecule has 12 heteroatoms. The molecule has 0 unspecified atom stereocenters. The lowest BCUT2D eigenvalue weighted by Crippen LogP contribution is -2.54. The first-order valence-corrected chi connectivity index (χ1v) is 21.2. The number of aryl methyl sites for hydroxylation is 1. The highest BCUT2D eigenvalue weighted by Gasteiger charge is 2.35. The van der Waals surface area contributed by atoms with Crippen molar-refractivity contribution < 1.29 is 27.4 Å². The number of anilines is 1. The number of phenols is 1. The lowest BCUT2D eigenvalue weighted by Gasteiger charge is -2.46. The molecule has 0 atom stereocenters. The van der Waals surface area contributed by atoms with Crippen LogP contribution in [0, 0.1) is 18.6 Å². The Morgan fingerprint density at radius 2 is 1.23 bits per heavy atom. The molecule has 6 rings (SSSR count). The van der Waals surface area contributed by atoms with Crippen molar-refractivity contribution in [3.63, 3.8) is 0 Å². The quantitative estimate of drug-likeness (QED) is 0.267. The van der Waals surface area contributed by atoms with Crippen LogP contribution in [0.4, 0.5) is 14.5 Å². The number of aromatic nitrogens is 1. The second-order valence-corrected chi connectivity index (χ2v) is 14.6. The zero-order chi connectivity index (χ0) is 40.3. The van der Waals surface area contributed by atoms with Crippen LogP contribution in [-0.4, -0.2) is 117 Å². The molecule has 0 saturated carbocycles. The van der Waals surface area contributed by atoms with Crippen molar-refractivity contribution in [1.29, 1.82) is 0 Å². The SMILES string of the molecule is CC.CC.CC.CCC.CO.Cc1ccc2ncc(S(=O)(=O)c3ccc(O)c(F)c3F)c(N3CCC(N4CCC(N5CCN(C)CC5)CC4)CC3)c2c1. The summed E-state index contributed by atoms with van der Waals surface area (Å²) in [6.07, 6.45) is 6.62. The fraction of sp³-hybridized carbons (Fsp3) is 0.634. The van der Waals surface area contributed by atoms with E-state index in [0.717, 1.165) is 76.9 Å². The van der Waals surface area contributed by atoms with E-state index in [9.17, 15) is 22.3 Å². The first-order valence-electron chi connectivity index (χ1n) is 19.7. The van der Waals surface area contributed by atoms with E-state index >= 15 is 0 Å². The predicted octanol–water partition coefficient (Wildman–Crippen LogP) is 8.14. The number of likely N-dealkylation sites (tertiary alicyclic amines) is 1. The van der Waals surface area contributed by atoms with Crippen LogP contribution in [-0.2, 0) is 9.84 Å². The number of rotatable bonds is 5. The number of aromatic hydroxyl groups is 1. The Morgan fingerprint density at radius 1 is 0.736 bits per heavy atom. The van der Waals surface area contributed by atoms with E-state index < -0.39 is 32.1 Å². The number of hydrogen-bond acceptors (Lipinski definition) is 9. The molecule has 53 heavy (non-hydrogen) atoms. The molecule has 302 valence electrons. The number of aliphatic hydroxyl groups excluding tert-OH is 1. The van der Waals surface area contributed by atoms with Crippen LogP contribution in [0.3, 0.4) is 0 Å². The van der Waals surface area contributed by atoms with Crippen molar-refractivity contribution in [3.05, 3.63) is 53.7 Å². The highest BCUT2D eigenvalue weighted by molar-refractivity contribution is 7.91. The largest absolute Gasteiger partial charge is 0.505 e. The summed E-state index contributed by atoms with van der Waals surface area (Å²) >= 11 is 0. The van der Waals surface area contributed by atoms with Crippen molar-refractivity contribution in [2.45, 2.75) is 116 Å². The average molecular weight is 766 g/mol. The molecule has 9 nitrogen and oxygen atoms in total. The van der Waals surface area contributed by atoms with Gasteiger partial charge < -0.3 is 24.9 Å². The van der Waals surface area contributed by atoms with Gasteiger partial charge in [0.1, 0.15) is 9.79 Å². The highest BCUT2D eigenvalue weighted by Crippen LogP contribution is 2.39. The minimum atomic E-state index is -4.50.